The van der Waals surface area contributed by atoms with Crippen molar-refractivity contribution in [2.24, 2.45) is 0 Å². The van der Waals surface area contributed by atoms with E-state index in [1.54, 1.807) is 5.38 Å². The molecule has 0 atom stereocenters. The van der Waals surface area contributed by atoms with Gasteiger partial charge in [0, 0.05) is 17.6 Å². The number of ketones is 1. The second-order valence-corrected chi connectivity index (χ2v) is 5.24. The molecule has 2 rings (SSSR count). The molecular weight excluding hydrogens is 359 g/mol. The Hall–Kier alpha value is -2.75. The maximum atomic E-state index is 13.8. The first-order valence-corrected chi connectivity index (χ1v) is 7.83. The Labute approximate surface area is 144 Å². The largest absolute Gasteiger partial charge is 0.462 e. The zero-order chi connectivity index (χ0) is 18.4. The Morgan fingerprint density at radius 1 is 1.24 bits per heavy atom. The number of carbonyl (C=O) groups excluding carboxylic acids is 2. The first-order chi connectivity index (χ1) is 11.9. The number of carbonyl (C=O) groups is 2. The summed E-state index contributed by atoms with van der Waals surface area (Å²) in [6.07, 6.45) is 1.01. The fourth-order valence-corrected chi connectivity index (χ4v) is 2.24. The van der Waals surface area contributed by atoms with Crippen LogP contribution in [0.2, 0.25) is 0 Å². The first-order valence-electron chi connectivity index (χ1n) is 6.99. The van der Waals surface area contributed by atoms with E-state index in [1.807, 2.05) is 0 Å². The van der Waals surface area contributed by atoms with E-state index in [-0.39, 0.29) is 19.2 Å². The number of hydrogen-bond donors (Lipinski definition) is 1. The van der Waals surface area contributed by atoms with Gasteiger partial charge in [0.05, 0.1) is 24.4 Å². The highest BCUT2D eigenvalue weighted by Gasteiger charge is 2.25. The van der Waals surface area contributed by atoms with Gasteiger partial charge in [-0.05, 0) is 24.5 Å². The number of aromatic nitrogens is 2. The smallest absolute Gasteiger partial charge is 0.343 e. The summed E-state index contributed by atoms with van der Waals surface area (Å²) in [6.45, 7) is 1.64. The number of esters is 1. The van der Waals surface area contributed by atoms with Crippen LogP contribution in [0.1, 0.15) is 23.0 Å². The van der Waals surface area contributed by atoms with Crippen LogP contribution < -0.4 is 5.32 Å². The van der Waals surface area contributed by atoms with E-state index in [0.29, 0.717) is 11.8 Å². The molecule has 10 heteroatoms. The topological polar surface area (TPSA) is 81.2 Å². The van der Waals surface area contributed by atoms with Crippen molar-refractivity contribution < 1.29 is 27.5 Å². The lowest BCUT2D eigenvalue weighted by Crippen LogP contribution is -2.21. The third-order valence-electron chi connectivity index (χ3n) is 2.93. The number of nitrogens with zero attached hydrogens (tertiary/aromatic N) is 2. The van der Waals surface area contributed by atoms with Crippen molar-refractivity contribution in [1.29, 1.82) is 0 Å². The number of nitrogens with one attached hydrogen (secondary N) is 1. The molecule has 0 radical (unpaired) electrons. The van der Waals surface area contributed by atoms with Gasteiger partial charge < -0.3 is 10.1 Å². The Bertz CT molecular complexity index is 810. The number of halogens is 3. The van der Waals surface area contributed by atoms with Gasteiger partial charge in [0.15, 0.2) is 11.6 Å². The van der Waals surface area contributed by atoms with Crippen LogP contribution in [0.25, 0.3) is 0 Å². The monoisotopic (exact) mass is 371 g/mol. The van der Waals surface area contributed by atoms with Crippen molar-refractivity contribution in [2.45, 2.75) is 13.5 Å². The summed E-state index contributed by atoms with van der Waals surface area (Å²) >= 11 is 1.11. The van der Waals surface area contributed by atoms with E-state index in [9.17, 15) is 22.8 Å². The first kappa shape index (κ1) is 18.6. The maximum Gasteiger partial charge on any atom is 0.343 e. The number of rotatable bonds is 7. The maximum absolute atomic E-state index is 13.8. The minimum atomic E-state index is -1.44. The minimum Gasteiger partial charge on any atom is -0.462 e. The highest BCUT2D eigenvalue weighted by atomic mass is 32.1. The summed E-state index contributed by atoms with van der Waals surface area (Å²) in [5.41, 5.74) is -0.791. The molecule has 0 aliphatic heterocycles. The minimum absolute atomic E-state index is 0.0281. The molecule has 6 nitrogen and oxygen atoms in total. The summed E-state index contributed by atoms with van der Waals surface area (Å²) in [7, 11) is 0. The summed E-state index contributed by atoms with van der Waals surface area (Å²) in [6, 6.07) is 0.629. The van der Waals surface area contributed by atoms with Crippen molar-refractivity contribution in [3.63, 3.8) is 0 Å². The van der Waals surface area contributed by atoms with Gasteiger partial charge in [-0.25, -0.2) is 18.0 Å². The van der Waals surface area contributed by atoms with Gasteiger partial charge in [0.1, 0.15) is 11.4 Å². The molecule has 0 saturated heterocycles. The number of Topliss-reactive ketones (excluding diaryl/α,β-unsaturated/α-hetero) is 1. The Balaban J connectivity index is 2.29. The van der Waals surface area contributed by atoms with E-state index in [4.69, 9.17) is 4.74 Å². The van der Waals surface area contributed by atoms with Crippen LogP contribution in [0.15, 0.2) is 29.3 Å². The average Bonchev–Trinajstić information content (AvgIpc) is 3.08. The van der Waals surface area contributed by atoms with Crippen molar-refractivity contribution in [1.82, 2.24) is 14.9 Å². The van der Waals surface area contributed by atoms with Crippen LogP contribution in [0.5, 0.6) is 0 Å². The lowest BCUT2D eigenvalue weighted by molar-refractivity contribution is -0.138. The average molecular weight is 371 g/mol. The molecule has 0 bridgehead atoms. The molecule has 1 heterocycles. The second-order valence-electron chi connectivity index (χ2n) is 4.63. The second kappa shape index (κ2) is 8.38. The zero-order valence-corrected chi connectivity index (χ0v) is 13.7. The van der Waals surface area contributed by atoms with Gasteiger partial charge in [0.2, 0.25) is 5.78 Å². The Morgan fingerprint density at radius 3 is 2.60 bits per heavy atom. The molecule has 0 fully saturated rings. The molecule has 132 valence electrons. The van der Waals surface area contributed by atoms with Crippen molar-refractivity contribution in [3.05, 3.63) is 58.0 Å². The number of ether oxygens (including phenoxy) is 1. The fraction of sp³-hybridized carbons (Fsp3) is 0.200. The Morgan fingerprint density at radius 2 is 1.96 bits per heavy atom. The molecule has 2 aromatic rings. The van der Waals surface area contributed by atoms with Gasteiger partial charge in [0.25, 0.3) is 0 Å². The summed E-state index contributed by atoms with van der Waals surface area (Å²) in [4.78, 5) is 24.3. The third kappa shape index (κ3) is 4.63. The van der Waals surface area contributed by atoms with E-state index >= 15 is 0 Å². The molecule has 0 aliphatic carbocycles. The summed E-state index contributed by atoms with van der Waals surface area (Å²) in [5, 5.41) is 8.05. The van der Waals surface area contributed by atoms with Gasteiger partial charge in [-0.15, -0.1) is 5.10 Å². The molecule has 0 saturated carbocycles. The van der Waals surface area contributed by atoms with Crippen molar-refractivity contribution >= 4 is 23.3 Å². The zero-order valence-electron chi connectivity index (χ0n) is 12.9. The van der Waals surface area contributed by atoms with Gasteiger partial charge in [-0.2, -0.15) is 0 Å². The highest BCUT2D eigenvalue weighted by molar-refractivity contribution is 7.03. The standard InChI is InChI=1S/C15H12F3N3O3S/c1-2-24-15(23)10(6-19-5-8-7-25-21-20-8)14(22)9-3-12(17)13(18)4-11(9)16/h3-4,6-7,19H,2,5H2,1H3. The normalized spacial score (nSPS) is 11.3. The number of benzene rings is 1. The van der Waals surface area contributed by atoms with E-state index in [0.717, 1.165) is 17.7 Å². The molecule has 1 aromatic carbocycles. The van der Waals surface area contributed by atoms with E-state index < -0.39 is 40.3 Å². The van der Waals surface area contributed by atoms with Crippen LogP contribution in [-0.4, -0.2) is 27.9 Å². The van der Waals surface area contributed by atoms with Gasteiger partial charge in [-0.1, -0.05) is 4.49 Å². The molecule has 0 spiro atoms. The van der Waals surface area contributed by atoms with Crippen LogP contribution in [0.3, 0.4) is 0 Å². The SMILES string of the molecule is CCOC(=O)C(=CNCc1csnn1)C(=O)c1cc(F)c(F)cc1F. The predicted octanol–water partition coefficient (Wildman–Crippen LogP) is 2.37. The van der Waals surface area contributed by atoms with Crippen molar-refractivity contribution in [2.75, 3.05) is 6.61 Å². The quantitative estimate of drug-likeness (QED) is 0.201. The van der Waals surface area contributed by atoms with Crippen LogP contribution in [0, 0.1) is 17.5 Å². The van der Waals surface area contributed by atoms with Gasteiger partial charge in [-0.3, -0.25) is 4.79 Å². The van der Waals surface area contributed by atoms with Crippen LogP contribution in [0.4, 0.5) is 13.2 Å². The fourth-order valence-electron chi connectivity index (χ4n) is 1.79. The molecular formula is C15H12F3N3O3S. The van der Waals surface area contributed by atoms with E-state index in [2.05, 4.69) is 14.9 Å². The molecule has 1 aromatic heterocycles. The summed E-state index contributed by atoms with van der Waals surface area (Å²) < 4.78 is 48.5. The third-order valence-corrected chi connectivity index (χ3v) is 3.48. The summed E-state index contributed by atoms with van der Waals surface area (Å²) in [5.74, 6) is -6.30. The lowest BCUT2D eigenvalue weighted by Gasteiger charge is -2.08. The van der Waals surface area contributed by atoms with Gasteiger partial charge >= 0.3 is 5.97 Å². The van der Waals surface area contributed by atoms with Crippen LogP contribution in [-0.2, 0) is 16.1 Å². The molecule has 0 amide bonds. The highest BCUT2D eigenvalue weighted by Crippen LogP contribution is 2.18. The Kier molecular flexibility index (Phi) is 6.23. The molecule has 25 heavy (non-hydrogen) atoms. The van der Waals surface area contributed by atoms with E-state index in [1.165, 1.54) is 6.92 Å². The number of hydrogen-bond acceptors (Lipinski definition) is 7. The van der Waals surface area contributed by atoms with Crippen LogP contribution >= 0.6 is 11.5 Å². The molecule has 1 N–H and O–H groups in total. The molecule has 0 aliphatic rings. The predicted molar refractivity (Wildman–Crippen MR) is 82.1 cm³/mol. The lowest BCUT2D eigenvalue weighted by atomic mass is 10.0. The van der Waals surface area contributed by atoms with Crippen molar-refractivity contribution in [3.8, 4) is 0 Å². The molecule has 0 unspecified atom stereocenters.